The monoisotopic (exact) mass is 452 g/mol. The van der Waals surface area contributed by atoms with Crippen molar-refractivity contribution in [3.8, 4) is 0 Å². The first-order valence-corrected chi connectivity index (χ1v) is 9.53. The van der Waals surface area contributed by atoms with E-state index in [1.54, 1.807) is 0 Å². The molecule has 3 N–H and O–H groups in total. The van der Waals surface area contributed by atoms with Gasteiger partial charge in [0.2, 0.25) is 0 Å². The molecule has 1 aliphatic heterocycles. The molecule has 1 heterocycles. The fraction of sp³-hybridized carbons (Fsp3) is 0.944. The van der Waals surface area contributed by atoms with Gasteiger partial charge >= 0.3 is 0 Å². The van der Waals surface area contributed by atoms with Gasteiger partial charge in [0.15, 0.2) is 5.96 Å². The summed E-state index contributed by atoms with van der Waals surface area (Å²) in [6.07, 6.45) is 8.99. The topological polar surface area (TPSA) is 62.9 Å². The van der Waals surface area contributed by atoms with Crippen LogP contribution in [0, 0.1) is 5.92 Å². The number of halogens is 1. The van der Waals surface area contributed by atoms with Gasteiger partial charge in [-0.25, -0.2) is 0 Å². The van der Waals surface area contributed by atoms with E-state index >= 15 is 0 Å². The van der Waals surface area contributed by atoms with Gasteiger partial charge in [0.1, 0.15) is 0 Å². The lowest BCUT2D eigenvalue weighted by atomic mass is 10.0. The van der Waals surface area contributed by atoms with Crippen LogP contribution in [0.4, 0.5) is 0 Å². The van der Waals surface area contributed by atoms with Crippen molar-refractivity contribution >= 4 is 29.9 Å². The van der Waals surface area contributed by atoms with Gasteiger partial charge in [0, 0.05) is 25.2 Å². The Morgan fingerprint density at radius 1 is 1.17 bits per heavy atom. The van der Waals surface area contributed by atoms with Gasteiger partial charge in [0.05, 0.1) is 19.8 Å². The third-order valence-corrected chi connectivity index (χ3v) is 4.99. The first-order chi connectivity index (χ1) is 11.1. The molecule has 1 aliphatic carbocycles. The average molecular weight is 452 g/mol. The lowest BCUT2D eigenvalue weighted by molar-refractivity contribution is 0.0143. The SMILES string of the molecule is CC(C)CC(CN=C(N)NC1CCCCCC1)N1CCOCC1.I. The Morgan fingerprint density at radius 2 is 1.79 bits per heavy atom. The summed E-state index contributed by atoms with van der Waals surface area (Å²) in [5.74, 6) is 1.31. The third kappa shape index (κ3) is 8.34. The number of hydrogen-bond donors (Lipinski definition) is 2. The van der Waals surface area contributed by atoms with E-state index in [1.807, 2.05) is 0 Å². The highest BCUT2D eigenvalue weighted by molar-refractivity contribution is 14.0. The number of nitrogens with one attached hydrogen (secondary N) is 1. The second kappa shape index (κ2) is 12.3. The molecular weight excluding hydrogens is 415 g/mol. The van der Waals surface area contributed by atoms with Gasteiger partial charge in [-0.1, -0.05) is 39.5 Å². The number of nitrogens with zero attached hydrogens (tertiary/aromatic N) is 2. The highest BCUT2D eigenvalue weighted by Crippen LogP contribution is 2.17. The van der Waals surface area contributed by atoms with Crippen LogP contribution >= 0.6 is 24.0 Å². The second-order valence-corrected chi connectivity index (χ2v) is 7.49. The molecule has 0 aromatic carbocycles. The van der Waals surface area contributed by atoms with Gasteiger partial charge in [-0.15, -0.1) is 24.0 Å². The van der Waals surface area contributed by atoms with Crippen molar-refractivity contribution in [2.24, 2.45) is 16.6 Å². The number of aliphatic imine (C=N–C) groups is 1. The zero-order valence-corrected chi connectivity index (χ0v) is 17.8. The van der Waals surface area contributed by atoms with Crippen LogP contribution in [0.1, 0.15) is 58.8 Å². The molecule has 1 unspecified atom stereocenters. The zero-order valence-electron chi connectivity index (χ0n) is 15.5. The molecule has 6 heteroatoms. The fourth-order valence-corrected chi connectivity index (χ4v) is 3.71. The molecule has 0 bridgehead atoms. The molecule has 2 aliphatic rings. The van der Waals surface area contributed by atoms with E-state index in [0.29, 0.717) is 24.0 Å². The van der Waals surface area contributed by atoms with Crippen molar-refractivity contribution in [1.82, 2.24) is 10.2 Å². The van der Waals surface area contributed by atoms with E-state index < -0.39 is 0 Å². The van der Waals surface area contributed by atoms with Crippen LogP contribution in [0.25, 0.3) is 0 Å². The maximum Gasteiger partial charge on any atom is 0.188 e. The van der Waals surface area contributed by atoms with Crippen molar-refractivity contribution in [3.63, 3.8) is 0 Å². The van der Waals surface area contributed by atoms with Crippen LogP contribution in [0.3, 0.4) is 0 Å². The predicted octanol–water partition coefficient (Wildman–Crippen LogP) is 2.98. The molecule has 1 atom stereocenters. The fourth-order valence-electron chi connectivity index (χ4n) is 3.71. The molecule has 0 spiro atoms. The van der Waals surface area contributed by atoms with E-state index in [1.165, 1.54) is 44.9 Å². The summed E-state index contributed by atoms with van der Waals surface area (Å²) in [4.78, 5) is 7.20. The molecule has 0 radical (unpaired) electrons. The number of nitrogens with two attached hydrogens (primary N) is 1. The molecule has 0 amide bonds. The largest absolute Gasteiger partial charge is 0.379 e. The average Bonchev–Trinajstić information content (AvgIpc) is 2.80. The number of rotatable bonds is 6. The van der Waals surface area contributed by atoms with E-state index in [9.17, 15) is 0 Å². The van der Waals surface area contributed by atoms with E-state index in [4.69, 9.17) is 10.5 Å². The Morgan fingerprint density at radius 3 is 2.38 bits per heavy atom. The molecule has 24 heavy (non-hydrogen) atoms. The summed E-state index contributed by atoms with van der Waals surface area (Å²) in [5.41, 5.74) is 6.16. The normalized spacial score (nSPS) is 22.7. The lowest BCUT2D eigenvalue weighted by Crippen LogP contribution is -2.46. The number of ether oxygens (including phenoxy) is 1. The molecule has 1 saturated carbocycles. The maximum atomic E-state index is 6.16. The van der Waals surface area contributed by atoms with Crippen molar-refractivity contribution in [3.05, 3.63) is 0 Å². The molecule has 1 saturated heterocycles. The second-order valence-electron chi connectivity index (χ2n) is 7.49. The Balaban J connectivity index is 0.00000288. The minimum absolute atomic E-state index is 0. The smallest absolute Gasteiger partial charge is 0.188 e. The lowest BCUT2D eigenvalue weighted by Gasteiger charge is -2.34. The minimum atomic E-state index is 0. The summed E-state index contributed by atoms with van der Waals surface area (Å²) >= 11 is 0. The van der Waals surface area contributed by atoms with Crippen molar-refractivity contribution in [1.29, 1.82) is 0 Å². The molecule has 5 nitrogen and oxygen atoms in total. The summed E-state index contributed by atoms with van der Waals surface area (Å²) in [7, 11) is 0. The van der Waals surface area contributed by atoms with Crippen LogP contribution in [-0.2, 0) is 4.74 Å². The first kappa shape index (κ1) is 22.0. The summed E-state index contributed by atoms with van der Waals surface area (Å²) < 4.78 is 5.48. The van der Waals surface area contributed by atoms with E-state index in [2.05, 4.69) is 29.1 Å². The Hall–Kier alpha value is -0.0800. The number of hydrogen-bond acceptors (Lipinski definition) is 3. The minimum Gasteiger partial charge on any atom is -0.379 e. The zero-order chi connectivity index (χ0) is 16.5. The van der Waals surface area contributed by atoms with Crippen molar-refractivity contribution < 1.29 is 4.74 Å². The summed E-state index contributed by atoms with van der Waals surface area (Å²) in [6, 6.07) is 1.00. The molecule has 2 rings (SSSR count). The molecule has 0 aromatic heterocycles. The highest BCUT2D eigenvalue weighted by atomic mass is 127. The van der Waals surface area contributed by atoms with Gasteiger partial charge in [-0.3, -0.25) is 9.89 Å². The maximum absolute atomic E-state index is 6.16. The molecule has 0 aromatic rings. The highest BCUT2D eigenvalue weighted by Gasteiger charge is 2.22. The van der Waals surface area contributed by atoms with Crippen LogP contribution in [0.2, 0.25) is 0 Å². The van der Waals surface area contributed by atoms with E-state index in [0.717, 1.165) is 32.8 Å². The quantitative estimate of drug-likeness (QED) is 0.282. The van der Waals surface area contributed by atoms with Crippen LogP contribution < -0.4 is 11.1 Å². The van der Waals surface area contributed by atoms with Crippen molar-refractivity contribution in [2.45, 2.75) is 70.9 Å². The first-order valence-electron chi connectivity index (χ1n) is 9.53. The van der Waals surface area contributed by atoms with Crippen molar-refractivity contribution in [2.75, 3.05) is 32.8 Å². The standard InChI is InChI=1S/C18H36N4O.HI/c1-15(2)13-17(22-9-11-23-12-10-22)14-20-18(19)21-16-7-5-3-4-6-8-16;/h15-17H,3-14H2,1-2H3,(H3,19,20,21);1H. The Bertz CT molecular complexity index is 351. The molecule has 142 valence electrons. The molecule has 2 fully saturated rings. The predicted molar refractivity (Wildman–Crippen MR) is 112 cm³/mol. The Kier molecular flexibility index (Phi) is 11.3. The van der Waals surface area contributed by atoms with Gasteiger partial charge < -0.3 is 15.8 Å². The Labute approximate surface area is 165 Å². The summed E-state index contributed by atoms with van der Waals surface area (Å²) in [6.45, 7) is 9.08. The van der Waals surface area contributed by atoms with Crippen LogP contribution in [0.5, 0.6) is 0 Å². The van der Waals surface area contributed by atoms with Gasteiger partial charge in [-0.2, -0.15) is 0 Å². The third-order valence-electron chi connectivity index (χ3n) is 4.99. The summed E-state index contributed by atoms with van der Waals surface area (Å²) in [5, 5.41) is 3.45. The molecular formula is C18H37IN4O. The number of guanidine groups is 1. The van der Waals surface area contributed by atoms with E-state index in [-0.39, 0.29) is 24.0 Å². The van der Waals surface area contributed by atoms with Gasteiger partial charge in [-0.05, 0) is 25.2 Å². The van der Waals surface area contributed by atoms with Crippen LogP contribution in [-0.4, -0.2) is 55.8 Å². The van der Waals surface area contributed by atoms with Crippen LogP contribution in [0.15, 0.2) is 4.99 Å². The number of morpholine rings is 1. The van der Waals surface area contributed by atoms with Gasteiger partial charge in [0.25, 0.3) is 0 Å².